The lowest BCUT2D eigenvalue weighted by Gasteiger charge is -2.60. The van der Waals surface area contributed by atoms with Crippen molar-refractivity contribution in [2.75, 3.05) is 0 Å². The Labute approximate surface area is 235 Å². The summed E-state index contributed by atoms with van der Waals surface area (Å²) < 4.78 is 20.3. The molecule has 7 nitrogen and oxygen atoms in total. The Bertz CT molecular complexity index is 1450. The fraction of sp³-hybridized carbons (Fsp3) is 0.545. The van der Waals surface area contributed by atoms with E-state index in [9.17, 15) is 19.5 Å². The highest BCUT2D eigenvalue weighted by molar-refractivity contribution is 6.09. The number of ketones is 2. The number of aromatic hydroxyl groups is 1. The van der Waals surface area contributed by atoms with Crippen LogP contribution in [0.1, 0.15) is 89.2 Å². The molecule has 3 aliphatic heterocycles. The molecule has 0 amide bonds. The van der Waals surface area contributed by atoms with Gasteiger partial charge in [0.2, 0.25) is 0 Å². The van der Waals surface area contributed by atoms with Gasteiger partial charge in [0.05, 0.1) is 17.1 Å². The van der Waals surface area contributed by atoms with Crippen LogP contribution >= 0.6 is 0 Å². The van der Waals surface area contributed by atoms with Crippen LogP contribution in [0.3, 0.4) is 0 Å². The number of benzene rings is 1. The predicted molar refractivity (Wildman–Crippen MR) is 150 cm³/mol. The average molecular weight is 547 g/mol. The van der Waals surface area contributed by atoms with E-state index in [2.05, 4.69) is 0 Å². The summed E-state index contributed by atoms with van der Waals surface area (Å²) >= 11 is 0. The first-order chi connectivity index (χ1) is 18.7. The number of hydrogen-bond donors (Lipinski definition) is 1. The summed E-state index contributed by atoms with van der Waals surface area (Å²) in [5.41, 5.74) is -1.20. The number of carbonyl (C=O) groups is 3. The third-order valence-corrected chi connectivity index (χ3v) is 9.73. The highest BCUT2D eigenvalue weighted by Crippen LogP contribution is 2.70. The van der Waals surface area contributed by atoms with Gasteiger partial charge in [0.15, 0.2) is 22.8 Å². The standard InChI is InChI=1S/C33H38O7/c1-17(2)8-9-21-27-20(11-12-30(4,5)38-27)25(35)24-26(36)22-14-19-15-23-31(6,7)40-32(29(19)37,13-10-18(3)16-34)33(22,23)39-28(21)24/h8,10-12,16,19,22-23,35H,9,13-15H2,1-7H3/b18-10+/t19-,22?,23+,32+,33-/m1/s1. The van der Waals surface area contributed by atoms with Gasteiger partial charge in [-0.15, -0.1) is 0 Å². The summed E-state index contributed by atoms with van der Waals surface area (Å²) in [7, 11) is 0. The fourth-order valence-corrected chi connectivity index (χ4v) is 7.98. The molecular formula is C33H38O7. The Morgan fingerprint density at radius 2 is 1.77 bits per heavy atom. The van der Waals surface area contributed by atoms with Crippen molar-refractivity contribution in [1.29, 1.82) is 0 Å². The Morgan fingerprint density at radius 3 is 2.45 bits per heavy atom. The van der Waals surface area contributed by atoms with Crippen molar-refractivity contribution in [3.05, 3.63) is 46.1 Å². The number of allylic oxidation sites excluding steroid dienone is 3. The maximum Gasteiger partial charge on any atom is 0.177 e. The van der Waals surface area contributed by atoms with Crippen LogP contribution in [0.2, 0.25) is 0 Å². The molecule has 7 rings (SSSR count). The third-order valence-electron chi connectivity index (χ3n) is 9.73. The van der Waals surface area contributed by atoms with E-state index in [1.54, 1.807) is 13.0 Å². The number of ether oxygens (including phenoxy) is 3. The van der Waals surface area contributed by atoms with Gasteiger partial charge in [0.25, 0.3) is 0 Å². The van der Waals surface area contributed by atoms with E-state index in [-0.39, 0.29) is 46.9 Å². The lowest BCUT2D eigenvalue weighted by Crippen LogP contribution is -2.76. The van der Waals surface area contributed by atoms with Gasteiger partial charge in [0, 0.05) is 23.8 Å². The monoisotopic (exact) mass is 546 g/mol. The van der Waals surface area contributed by atoms with Crippen LogP contribution in [0.4, 0.5) is 0 Å². The number of carbonyl (C=O) groups excluding carboxylic acids is 3. The number of Topliss-reactive ketones (excluding diaryl/α,β-unsaturated/α-hetero) is 2. The molecule has 1 unspecified atom stereocenters. The first-order valence-electron chi connectivity index (χ1n) is 14.2. The molecule has 1 spiro atoms. The highest BCUT2D eigenvalue weighted by atomic mass is 16.6. The summed E-state index contributed by atoms with van der Waals surface area (Å²) in [6.45, 7) is 13.5. The van der Waals surface area contributed by atoms with Crippen molar-refractivity contribution >= 4 is 23.9 Å². The maximum absolute atomic E-state index is 14.6. The molecule has 1 aromatic carbocycles. The number of aldehydes is 1. The molecule has 1 N–H and O–H groups in total. The number of phenols is 1. The number of fused-ring (bicyclic) bond motifs is 2. The van der Waals surface area contributed by atoms with Crippen LogP contribution in [0.25, 0.3) is 6.08 Å². The zero-order valence-corrected chi connectivity index (χ0v) is 24.3. The second kappa shape index (κ2) is 8.41. The van der Waals surface area contributed by atoms with Gasteiger partial charge >= 0.3 is 0 Å². The van der Waals surface area contributed by atoms with E-state index in [0.717, 1.165) is 11.9 Å². The lowest BCUT2D eigenvalue weighted by atomic mass is 9.46. The van der Waals surface area contributed by atoms with Crippen molar-refractivity contribution in [2.24, 2.45) is 17.8 Å². The molecule has 3 saturated carbocycles. The lowest BCUT2D eigenvalue weighted by molar-refractivity contribution is -0.199. The minimum Gasteiger partial charge on any atom is -0.506 e. The SMILES string of the molecule is CC(C)=CCc1c2c(c(O)c3c1O[C@]14C(C[C@@H]5C[C@H]1C(C)(C)O[C@@]4(C/C=C(\C)C=O)C5=O)C3=O)C=CC(C)(C)O2. The quantitative estimate of drug-likeness (QED) is 0.287. The van der Waals surface area contributed by atoms with E-state index in [0.29, 0.717) is 41.7 Å². The van der Waals surface area contributed by atoms with E-state index in [4.69, 9.17) is 14.2 Å². The summed E-state index contributed by atoms with van der Waals surface area (Å²) in [4.78, 5) is 40.3. The fourth-order valence-electron chi connectivity index (χ4n) is 7.98. The van der Waals surface area contributed by atoms with Gasteiger partial charge in [-0.2, -0.15) is 0 Å². The smallest absolute Gasteiger partial charge is 0.177 e. The minimum absolute atomic E-state index is 0.0647. The van der Waals surface area contributed by atoms with Crippen LogP contribution in [0, 0.1) is 17.8 Å². The molecule has 40 heavy (non-hydrogen) atoms. The molecular weight excluding hydrogens is 508 g/mol. The molecule has 212 valence electrons. The summed E-state index contributed by atoms with van der Waals surface area (Å²) in [5.74, 6) is -0.935. The normalized spacial score (nSPS) is 33.9. The Hall–Kier alpha value is -3.19. The largest absolute Gasteiger partial charge is 0.506 e. The molecule has 4 bridgehead atoms. The van der Waals surface area contributed by atoms with E-state index in [1.165, 1.54) is 0 Å². The Kier molecular flexibility index (Phi) is 5.68. The van der Waals surface area contributed by atoms with Crippen molar-refractivity contribution in [3.8, 4) is 17.2 Å². The summed E-state index contributed by atoms with van der Waals surface area (Å²) in [5, 5.41) is 11.6. The van der Waals surface area contributed by atoms with Crippen LogP contribution in [-0.4, -0.2) is 45.4 Å². The molecule has 3 aliphatic carbocycles. The van der Waals surface area contributed by atoms with E-state index >= 15 is 0 Å². The molecule has 1 aromatic rings. The predicted octanol–water partition coefficient (Wildman–Crippen LogP) is 5.71. The summed E-state index contributed by atoms with van der Waals surface area (Å²) in [6.07, 6.45) is 9.69. The van der Waals surface area contributed by atoms with Crippen LogP contribution < -0.4 is 9.47 Å². The molecule has 3 heterocycles. The van der Waals surface area contributed by atoms with Crippen LogP contribution in [0.15, 0.2) is 29.4 Å². The first-order valence-corrected chi connectivity index (χ1v) is 14.2. The van der Waals surface area contributed by atoms with Crippen LogP contribution in [-0.2, 0) is 20.7 Å². The van der Waals surface area contributed by atoms with Crippen molar-refractivity contribution in [1.82, 2.24) is 0 Å². The van der Waals surface area contributed by atoms with Gasteiger partial charge in [-0.1, -0.05) is 17.7 Å². The van der Waals surface area contributed by atoms with E-state index < -0.39 is 28.3 Å². The van der Waals surface area contributed by atoms with Gasteiger partial charge in [-0.25, -0.2) is 0 Å². The molecule has 0 aromatic heterocycles. The summed E-state index contributed by atoms with van der Waals surface area (Å²) in [6, 6.07) is 0. The molecule has 0 radical (unpaired) electrons. The molecule has 6 aliphatic rings. The zero-order chi connectivity index (χ0) is 29.0. The second-order valence-corrected chi connectivity index (χ2v) is 13.5. The highest BCUT2D eigenvalue weighted by Gasteiger charge is 2.83. The van der Waals surface area contributed by atoms with Crippen LogP contribution in [0.5, 0.6) is 17.2 Å². The third kappa shape index (κ3) is 3.36. The molecule has 4 fully saturated rings. The van der Waals surface area contributed by atoms with Crippen molar-refractivity contribution in [2.45, 2.75) is 96.6 Å². The van der Waals surface area contributed by atoms with Crippen molar-refractivity contribution < 1.29 is 33.7 Å². The van der Waals surface area contributed by atoms with Gasteiger partial charge < -0.3 is 19.3 Å². The zero-order valence-electron chi connectivity index (χ0n) is 24.3. The Morgan fingerprint density at radius 1 is 1.05 bits per heavy atom. The topological polar surface area (TPSA) is 99.1 Å². The average Bonchev–Trinajstić information content (AvgIpc) is 3.03. The number of rotatable bonds is 5. The van der Waals surface area contributed by atoms with Gasteiger partial charge in [-0.3, -0.25) is 14.4 Å². The van der Waals surface area contributed by atoms with E-state index in [1.807, 2.05) is 59.8 Å². The molecule has 7 heteroatoms. The minimum atomic E-state index is -1.43. The first kappa shape index (κ1) is 27.0. The van der Waals surface area contributed by atoms with Gasteiger partial charge in [0.1, 0.15) is 34.7 Å². The molecule has 5 atom stereocenters. The molecule has 1 saturated heterocycles. The number of hydrogen-bond acceptors (Lipinski definition) is 7. The number of phenolic OH excluding ortho intramolecular Hbond substituents is 1. The second-order valence-electron chi connectivity index (χ2n) is 13.5. The van der Waals surface area contributed by atoms with Gasteiger partial charge in [-0.05, 0) is 85.5 Å². The maximum atomic E-state index is 14.6. The van der Waals surface area contributed by atoms with Crippen molar-refractivity contribution in [3.63, 3.8) is 0 Å². The Balaban J connectivity index is 1.65.